The number of aromatic nitrogens is 4. The lowest BCUT2D eigenvalue weighted by Crippen LogP contribution is -3.14. The van der Waals surface area contributed by atoms with E-state index in [4.69, 9.17) is 0 Å². The molecule has 1 aromatic carbocycles. The van der Waals surface area contributed by atoms with Crippen molar-refractivity contribution in [1.29, 1.82) is 0 Å². The summed E-state index contributed by atoms with van der Waals surface area (Å²) in [4.78, 5) is 3.06. The minimum atomic E-state index is 0.245. The van der Waals surface area contributed by atoms with Crippen LogP contribution in [0.3, 0.4) is 0 Å². The van der Waals surface area contributed by atoms with Gasteiger partial charge in [0.05, 0.1) is 18.0 Å². The van der Waals surface area contributed by atoms with Crippen molar-refractivity contribution in [1.82, 2.24) is 20.2 Å². The number of aryl methyl sites for hydroxylation is 2. The maximum absolute atomic E-state index is 4.58. The molecule has 0 radical (unpaired) electrons. The summed E-state index contributed by atoms with van der Waals surface area (Å²) in [5.41, 5.74) is 1.88. The zero-order valence-electron chi connectivity index (χ0n) is 17.7. The van der Waals surface area contributed by atoms with E-state index in [-0.39, 0.29) is 6.04 Å². The highest BCUT2D eigenvalue weighted by Gasteiger charge is 2.43. The molecule has 2 fully saturated rings. The standard InChI is InChI=1S/C24H31N5S/c1-3-9-20(10-4-1)12-17-29-23(25-26-27-29)22(21-11-7-18-30-21)28-16-8-15-24(19-28)13-5-2-6-14-24/h1,3-4,7,9-11,18,22H,2,5-6,8,12-17,19H2/p+1/t22-/m1/s1. The second-order valence-electron chi connectivity index (χ2n) is 9.19. The minimum absolute atomic E-state index is 0.245. The molecule has 3 aromatic rings. The number of piperidine rings is 1. The molecule has 2 atom stereocenters. The summed E-state index contributed by atoms with van der Waals surface area (Å²) in [6.07, 6.45) is 10.7. The van der Waals surface area contributed by atoms with Crippen LogP contribution in [0.5, 0.6) is 0 Å². The van der Waals surface area contributed by atoms with Crippen LogP contribution in [0.1, 0.15) is 67.3 Å². The molecule has 5 nitrogen and oxygen atoms in total. The van der Waals surface area contributed by atoms with Gasteiger partial charge in [-0.25, -0.2) is 4.68 Å². The molecule has 1 spiro atoms. The fraction of sp³-hybridized carbons (Fsp3) is 0.542. The second-order valence-corrected chi connectivity index (χ2v) is 10.2. The van der Waals surface area contributed by atoms with Gasteiger partial charge in [-0.3, -0.25) is 0 Å². The number of thiophene rings is 1. The molecule has 1 aliphatic carbocycles. The van der Waals surface area contributed by atoms with E-state index >= 15 is 0 Å². The van der Waals surface area contributed by atoms with E-state index in [1.807, 2.05) is 11.3 Å². The first-order valence-corrected chi connectivity index (χ1v) is 12.4. The molecule has 1 aliphatic heterocycles. The number of hydrogen-bond acceptors (Lipinski definition) is 4. The molecule has 2 aliphatic rings. The van der Waals surface area contributed by atoms with Gasteiger partial charge in [0.2, 0.25) is 5.82 Å². The summed E-state index contributed by atoms with van der Waals surface area (Å²) >= 11 is 1.85. The van der Waals surface area contributed by atoms with Gasteiger partial charge in [0.15, 0.2) is 6.04 Å². The van der Waals surface area contributed by atoms with Crippen LogP contribution in [-0.4, -0.2) is 33.3 Å². The third-order valence-electron chi connectivity index (χ3n) is 7.23. The molecular weight excluding hydrogens is 390 g/mol. The number of nitrogens with one attached hydrogen (secondary N) is 1. The van der Waals surface area contributed by atoms with Gasteiger partial charge < -0.3 is 4.90 Å². The van der Waals surface area contributed by atoms with E-state index in [2.05, 4.69) is 68.1 Å². The van der Waals surface area contributed by atoms with Crippen molar-refractivity contribution in [3.05, 3.63) is 64.1 Å². The molecule has 1 N–H and O–H groups in total. The molecule has 6 heteroatoms. The fourth-order valence-electron chi connectivity index (χ4n) is 5.75. The topological polar surface area (TPSA) is 48.0 Å². The number of hydrogen-bond donors (Lipinski definition) is 1. The third-order valence-corrected chi connectivity index (χ3v) is 8.17. The Morgan fingerprint density at radius 2 is 1.83 bits per heavy atom. The molecule has 0 bridgehead atoms. The molecule has 158 valence electrons. The smallest absolute Gasteiger partial charge is 0.215 e. The van der Waals surface area contributed by atoms with Crippen molar-refractivity contribution in [2.24, 2.45) is 5.41 Å². The molecule has 1 saturated heterocycles. The maximum Gasteiger partial charge on any atom is 0.215 e. The van der Waals surface area contributed by atoms with Gasteiger partial charge in [0.1, 0.15) is 0 Å². The second kappa shape index (κ2) is 8.98. The molecular formula is C24H32N5S+. The number of likely N-dealkylation sites (tertiary alicyclic amines) is 1. The Labute approximate surface area is 183 Å². The summed E-state index contributed by atoms with van der Waals surface area (Å²) in [7, 11) is 0. The van der Waals surface area contributed by atoms with E-state index in [0.717, 1.165) is 18.8 Å². The Bertz CT molecular complexity index is 909. The largest absolute Gasteiger partial charge is 0.321 e. The van der Waals surface area contributed by atoms with Gasteiger partial charge in [-0.1, -0.05) is 55.7 Å². The van der Waals surface area contributed by atoms with Crippen LogP contribution in [0.2, 0.25) is 0 Å². The summed E-state index contributed by atoms with van der Waals surface area (Å²) in [5, 5.41) is 15.3. The predicted octanol–water partition coefficient (Wildman–Crippen LogP) is 3.70. The lowest BCUT2D eigenvalue weighted by molar-refractivity contribution is -0.938. The van der Waals surface area contributed by atoms with Gasteiger partial charge in [-0.2, -0.15) is 0 Å². The van der Waals surface area contributed by atoms with Gasteiger partial charge in [-0.15, -0.1) is 16.4 Å². The molecule has 2 aromatic heterocycles. The Morgan fingerprint density at radius 3 is 2.63 bits per heavy atom. The van der Waals surface area contributed by atoms with Crippen LogP contribution in [0, 0.1) is 5.41 Å². The average molecular weight is 423 g/mol. The zero-order valence-corrected chi connectivity index (χ0v) is 18.5. The summed E-state index contributed by atoms with van der Waals surface area (Å²) in [5.74, 6) is 1.04. The minimum Gasteiger partial charge on any atom is -0.321 e. The van der Waals surface area contributed by atoms with E-state index < -0.39 is 0 Å². The first-order chi connectivity index (χ1) is 14.8. The molecule has 5 rings (SSSR count). The number of nitrogens with zero attached hydrogens (tertiary/aromatic N) is 4. The first kappa shape index (κ1) is 19.9. The van der Waals surface area contributed by atoms with Gasteiger partial charge in [-0.05, 0) is 59.5 Å². The molecule has 30 heavy (non-hydrogen) atoms. The van der Waals surface area contributed by atoms with Gasteiger partial charge in [0.25, 0.3) is 0 Å². The summed E-state index contributed by atoms with van der Waals surface area (Å²) in [6.45, 7) is 3.31. The number of rotatable bonds is 6. The van der Waals surface area contributed by atoms with Crippen LogP contribution >= 0.6 is 11.3 Å². The van der Waals surface area contributed by atoms with Crippen LogP contribution in [0.25, 0.3) is 0 Å². The predicted molar refractivity (Wildman–Crippen MR) is 120 cm³/mol. The van der Waals surface area contributed by atoms with Crippen molar-refractivity contribution in [3.8, 4) is 0 Å². The van der Waals surface area contributed by atoms with Crippen LogP contribution in [-0.2, 0) is 13.0 Å². The maximum atomic E-state index is 4.58. The van der Waals surface area contributed by atoms with Crippen LogP contribution < -0.4 is 4.90 Å². The lowest BCUT2D eigenvalue weighted by atomic mass is 9.69. The SMILES string of the molecule is c1ccc(CCn2nnnc2[C@@H](c2cccs2)[NH+]2CCCC3(CCCCC3)C2)cc1. The van der Waals surface area contributed by atoms with E-state index in [0.29, 0.717) is 5.41 Å². The Balaban J connectivity index is 1.41. The first-order valence-electron chi connectivity index (χ1n) is 11.5. The number of benzene rings is 1. The number of quaternary nitrogens is 1. The summed E-state index contributed by atoms with van der Waals surface area (Å²) in [6, 6.07) is 15.3. The fourth-order valence-corrected chi connectivity index (χ4v) is 6.63. The van der Waals surface area contributed by atoms with E-state index in [9.17, 15) is 0 Å². The third kappa shape index (κ3) is 4.21. The Hall–Kier alpha value is -2.05. The van der Waals surface area contributed by atoms with Crippen molar-refractivity contribution >= 4 is 11.3 Å². The van der Waals surface area contributed by atoms with Gasteiger partial charge >= 0.3 is 0 Å². The van der Waals surface area contributed by atoms with Crippen molar-refractivity contribution < 1.29 is 4.90 Å². The highest BCUT2D eigenvalue weighted by atomic mass is 32.1. The molecule has 3 heterocycles. The Morgan fingerprint density at radius 1 is 1.00 bits per heavy atom. The number of tetrazole rings is 1. The zero-order chi connectivity index (χ0) is 20.2. The highest BCUT2D eigenvalue weighted by Crippen LogP contribution is 2.40. The molecule has 1 unspecified atom stereocenters. The molecule has 1 saturated carbocycles. The Kier molecular flexibility index (Phi) is 5.95. The highest BCUT2D eigenvalue weighted by molar-refractivity contribution is 7.10. The monoisotopic (exact) mass is 422 g/mol. The van der Waals surface area contributed by atoms with Crippen LogP contribution in [0.4, 0.5) is 0 Å². The van der Waals surface area contributed by atoms with Crippen LogP contribution in [0.15, 0.2) is 47.8 Å². The lowest BCUT2D eigenvalue weighted by Gasteiger charge is -2.44. The molecule has 0 amide bonds. The normalized spacial score (nSPS) is 22.2. The van der Waals surface area contributed by atoms with E-state index in [1.165, 1.54) is 68.5 Å². The van der Waals surface area contributed by atoms with Crippen molar-refractivity contribution in [2.75, 3.05) is 13.1 Å². The van der Waals surface area contributed by atoms with E-state index in [1.54, 1.807) is 4.90 Å². The quantitative estimate of drug-likeness (QED) is 0.659. The average Bonchev–Trinajstić information content (AvgIpc) is 3.47. The van der Waals surface area contributed by atoms with Crippen molar-refractivity contribution in [2.45, 2.75) is 64.0 Å². The van der Waals surface area contributed by atoms with Gasteiger partial charge in [0, 0.05) is 12.0 Å². The van der Waals surface area contributed by atoms with Crippen molar-refractivity contribution in [3.63, 3.8) is 0 Å². The summed E-state index contributed by atoms with van der Waals surface area (Å²) < 4.78 is 2.06.